The second-order valence-electron chi connectivity index (χ2n) is 7.55. The van der Waals surface area contributed by atoms with Gasteiger partial charge in [0.2, 0.25) is 0 Å². The first-order chi connectivity index (χ1) is 13.6. The largest absolute Gasteiger partial charge is 0.378 e. The van der Waals surface area contributed by atoms with Gasteiger partial charge in [-0.3, -0.25) is 9.69 Å². The van der Waals surface area contributed by atoms with Crippen molar-refractivity contribution in [3.05, 3.63) is 65.7 Å². The zero-order valence-electron chi connectivity index (χ0n) is 17.4. The first kappa shape index (κ1) is 20.6. The summed E-state index contributed by atoms with van der Waals surface area (Å²) in [7, 11) is 0. The molecule has 0 aromatic heterocycles. The van der Waals surface area contributed by atoms with Gasteiger partial charge in [0.15, 0.2) is 5.78 Å². The highest BCUT2D eigenvalue weighted by Crippen LogP contribution is 2.31. The summed E-state index contributed by atoms with van der Waals surface area (Å²) in [6.07, 6.45) is 0.700. The van der Waals surface area contributed by atoms with Crippen LogP contribution in [0, 0.1) is 0 Å². The lowest BCUT2D eigenvalue weighted by Gasteiger charge is -2.40. The first-order valence-electron chi connectivity index (χ1n) is 10.4. The highest BCUT2D eigenvalue weighted by atomic mass is 16.5. The van der Waals surface area contributed by atoms with Crippen LogP contribution in [0.5, 0.6) is 0 Å². The summed E-state index contributed by atoms with van der Waals surface area (Å²) < 4.78 is 5.51. The normalized spacial score (nSPS) is 16.8. The van der Waals surface area contributed by atoms with Crippen molar-refractivity contribution in [2.45, 2.75) is 32.7 Å². The molecule has 4 nitrogen and oxygen atoms in total. The van der Waals surface area contributed by atoms with E-state index < -0.39 is 5.54 Å². The van der Waals surface area contributed by atoms with Gasteiger partial charge < -0.3 is 9.64 Å². The number of para-hydroxylation sites is 1. The van der Waals surface area contributed by atoms with Gasteiger partial charge in [0.05, 0.1) is 18.8 Å². The van der Waals surface area contributed by atoms with Crippen molar-refractivity contribution in [3.8, 4) is 0 Å². The summed E-state index contributed by atoms with van der Waals surface area (Å²) in [6, 6.07) is 18.4. The zero-order valence-corrected chi connectivity index (χ0v) is 17.4. The number of Topliss-reactive ketones (excluding diaryl/α,β-unsaturated/α-hetero) is 1. The fourth-order valence-electron chi connectivity index (χ4n) is 4.29. The Morgan fingerprint density at radius 1 is 1.00 bits per heavy atom. The van der Waals surface area contributed by atoms with E-state index in [1.54, 1.807) is 0 Å². The third-order valence-electron chi connectivity index (χ3n) is 5.84. The maximum absolute atomic E-state index is 14.0. The molecule has 1 atom stereocenters. The monoisotopic (exact) mass is 380 g/mol. The fourth-order valence-corrected chi connectivity index (χ4v) is 4.29. The van der Waals surface area contributed by atoms with Crippen molar-refractivity contribution in [3.63, 3.8) is 0 Å². The molecule has 0 bridgehead atoms. The van der Waals surface area contributed by atoms with Gasteiger partial charge in [0, 0.05) is 24.3 Å². The fraction of sp³-hybridized carbons (Fsp3) is 0.458. The Hall–Kier alpha value is -2.17. The topological polar surface area (TPSA) is 32.8 Å². The summed E-state index contributed by atoms with van der Waals surface area (Å²) in [4.78, 5) is 18.6. The van der Waals surface area contributed by atoms with E-state index in [2.05, 4.69) is 48.8 Å². The summed E-state index contributed by atoms with van der Waals surface area (Å²) >= 11 is 0. The highest BCUT2D eigenvalue weighted by Gasteiger charge is 2.40. The molecular formula is C24H32N2O2. The first-order valence-corrected chi connectivity index (χ1v) is 10.4. The Morgan fingerprint density at radius 2 is 1.61 bits per heavy atom. The van der Waals surface area contributed by atoms with Crippen molar-refractivity contribution in [2.24, 2.45) is 0 Å². The highest BCUT2D eigenvalue weighted by molar-refractivity contribution is 6.07. The predicted octanol–water partition coefficient (Wildman–Crippen LogP) is 4.05. The smallest absolute Gasteiger partial charge is 0.185 e. The SMILES string of the molecule is CCN(CC)C(C)(Cc1ccccc1)C(=O)c1ccccc1N1CCOCC1. The van der Waals surface area contributed by atoms with Crippen LogP contribution in [-0.4, -0.2) is 55.6 Å². The number of carbonyl (C=O) groups is 1. The van der Waals surface area contributed by atoms with Crippen LogP contribution in [0.4, 0.5) is 5.69 Å². The maximum Gasteiger partial charge on any atom is 0.185 e. The molecule has 0 radical (unpaired) electrons. The van der Waals surface area contributed by atoms with Crippen LogP contribution in [0.3, 0.4) is 0 Å². The molecule has 0 aliphatic carbocycles. The zero-order chi connectivity index (χ0) is 20.0. The van der Waals surface area contributed by atoms with E-state index in [1.165, 1.54) is 5.56 Å². The Labute approximate surface area is 169 Å². The van der Waals surface area contributed by atoms with Crippen LogP contribution in [-0.2, 0) is 11.2 Å². The van der Waals surface area contributed by atoms with Crippen LogP contribution >= 0.6 is 0 Å². The van der Waals surface area contributed by atoms with Gasteiger partial charge in [-0.05, 0) is 44.1 Å². The summed E-state index contributed by atoms with van der Waals surface area (Å²) in [5.41, 5.74) is 2.44. The number of nitrogens with zero attached hydrogens (tertiary/aromatic N) is 2. The molecule has 28 heavy (non-hydrogen) atoms. The molecule has 4 heteroatoms. The molecule has 1 saturated heterocycles. The van der Waals surface area contributed by atoms with Crippen LogP contribution in [0.1, 0.15) is 36.7 Å². The number of ether oxygens (including phenoxy) is 1. The van der Waals surface area contributed by atoms with E-state index in [-0.39, 0.29) is 5.78 Å². The molecule has 0 amide bonds. The minimum absolute atomic E-state index is 0.196. The second kappa shape index (κ2) is 9.35. The molecule has 1 aliphatic rings. The van der Waals surface area contributed by atoms with E-state index in [1.807, 2.05) is 36.4 Å². The number of benzene rings is 2. The molecule has 2 aromatic rings. The average Bonchev–Trinajstić information content (AvgIpc) is 2.75. The van der Waals surface area contributed by atoms with Gasteiger partial charge in [0.25, 0.3) is 0 Å². The quantitative estimate of drug-likeness (QED) is 0.647. The van der Waals surface area contributed by atoms with Gasteiger partial charge in [-0.15, -0.1) is 0 Å². The van der Waals surface area contributed by atoms with Gasteiger partial charge in [0.1, 0.15) is 0 Å². The maximum atomic E-state index is 14.0. The second-order valence-corrected chi connectivity index (χ2v) is 7.55. The molecule has 2 aromatic carbocycles. The molecule has 1 unspecified atom stereocenters. The predicted molar refractivity (Wildman–Crippen MR) is 115 cm³/mol. The number of anilines is 1. The van der Waals surface area contributed by atoms with Crippen LogP contribution in [0.2, 0.25) is 0 Å². The molecule has 1 aliphatic heterocycles. The number of hydrogen-bond acceptors (Lipinski definition) is 4. The summed E-state index contributed by atoms with van der Waals surface area (Å²) in [5.74, 6) is 0.196. The van der Waals surface area contributed by atoms with Crippen LogP contribution < -0.4 is 4.90 Å². The van der Waals surface area contributed by atoms with E-state index in [0.29, 0.717) is 19.6 Å². The van der Waals surface area contributed by atoms with E-state index in [9.17, 15) is 4.79 Å². The molecule has 3 rings (SSSR count). The standard InChI is InChI=1S/C24H32N2O2/c1-4-26(5-2)24(3,19-20-11-7-6-8-12-20)23(27)21-13-9-10-14-22(21)25-15-17-28-18-16-25/h6-14H,4-5,15-19H2,1-3H3. The van der Waals surface area contributed by atoms with Crippen molar-refractivity contribution in [2.75, 3.05) is 44.3 Å². The lowest BCUT2D eigenvalue weighted by molar-refractivity contribution is 0.0619. The lowest BCUT2D eigenvalue weighted by Crippen LogP contribution is -2.54. The van der Waals surface area contributed by atoms with Gasteiger partial charge >= 0.3 is 0 Å². The number of ketones is 1. The minimum Gasteiger partial charge on any atom is -0.378 e. The van der Waals surface area contributed by atoms with Gasteiger partial charge in [-0.2, -0.15) is 0 Å². The average molecular weight is 381 g/mol. The third kappa shape index (κ3) is 4.29. The van der Waals surface area contributed by atoms with Gasteiger partial charge in [-0.1, -0.05) is 56.3 Å². The number of hydrogen-bond donors (Lipinski definition) is 0. The molecule has 150 valence electrons. The van der Waals surface area contributed by atoms with E-state index in [0.717, 1.165) is 37.4 Å². The molecule has 0 saturated carbocycles. The number of morpholine rings is 1. The van der Waals surface area contributed by atoms with Crippen molar-refractivity contribution >= 4 is 11.5 Å². The molecule has 0 spiro atoms. The van der Waals surface area contributed by atoms with E-state index >= 15 is 0 Å². The van der Waals surface area contributed by atoms with Gasteiger partial charge in [-0.25, -0.2) is 0 Å². The summed E-state index contributed by atoms with van der Waals surface area (Å²) in [6.45, 7) is 11.1. The van der Waals surface area contributed by atoms with Crippen molar-refractivity contribution in [1.29, 1.82) is 0 Å². The molecule has 1 fully saturated rings. The van der Waals surface area contributed by atoms with Crippen molar-refractivity contribution < 1.29 is 9.53 Å². The lowest BCUT2D eigenvalue weighted by atomic mass is 9.82. The summed E-state index contributed by atoms with van der Waals surface area (Å²) in [5, 5.41) is 0. The van der Waals surface area contributed by atoms with E-state index in [4.69, 9.17) is 4.74 Å². The Bertz CT molecular complexity index is 767. The molecule has 1 heterocycles. The Morgan fingerprint density at radius 3 is 2.25 bits per heavy atom. The van der Waals surface area contributed by atoms with Crippen molar-refractivity contribution in [1.82, 2.24) is 4.90 Å². The van der Waals surface area contributed by atoms with Crippen LogP contribution in [0.15, 0.2) is 54.6 Å². The molecule has 0 N–H and O–H groups in total. The number of carbonyl (C=O) groups excluding carboxylic acids is 1. The Kier molecular flexibility index (Phi) is 6.87. The number of likely N-dealkylation sites (N-methyl/N-ethyl adjacent to an activating group) is 1. The number of rotatable bonds is 8. The van der Waals surface area contributed by atoms with Crippen LogP contribution in [0.25, 0.3) is 0 Å². The Balaban J connectivity index is 2.00. The minimum atomic E-state index is -0.590. The third-order valence-corrected chi connectivity index (χ3v) is 5.84. The molecular weight excluding hydrogens is 348 g/mol.